The predicted octanol–water partition coefficient (Wildman–Crippen LogP) is 4.17. The molecule has 5 nitrogen and oxygen atoms in total. The molecule has 1 heterocycles. The molecule has 0 radical (unpaired) electrons. The molecule has 3 aromatic rings. The zero-order chi connectivity index (χ0) is 19.1. The van der Waals surface area contributed by atoms with Crippen LogP contribution in [0.3, 0.4) is 0 Å². The van der Waals surface area contributed by atoms with E-state index in [4.69, 9.17) is 12.2 Å². The van der Waals surface area contributed by atoms with Crippen molar-refractivity contribution in [3.05, 3.63) is 59.4 Å². The average Bonchev–Trinajstić information content (AvgIpc) is 3.08. The highest BCUT2D eigenvalue weighted by atomic mass is 32.1. The van der Waals surface area contributed by atoms with Crippen LogP contribution in [0, 0.1) is 5.82 Å². The van der Waals surface area contributed by atoms with Crippen molar-refractivity contribution in [2.24, 2.45) is 0 Å². The van der Waals surface area contributed by atoms with Gasteiger partial charge >= 0.3 is 0 Å². The van der Waals surface area contributed by atoms with E-state index < -0.39 is 5.82 Å². The van der Waals surface area contributed by atoms with E-state index in [-0.39, 0.29) is 16.7 Å². The number of anilines is 1. The van der Waals surface area contributed by atoms with Gasteiger partial charge in [-0.15, -0.1) is 11.3 Å². The molecular weight excluding hydrogens is 383 g/mol. The van der Waals surface area contributed by atoms with Crippen molar-refractivity contribution in [2.75, 3.05) is 5.32 Å². The molecule has 0 spiro atoms. The zero-order valence-electron chi connectivity index (χ0n) is 14.5. The van der Waals surface area contributed by atoms with Crippen LogP contribution in [0.25, 0.3) is 10.2 Å². The minimum absolute atomic E-state index is 0.128. The van der Waals surface area contributed by atoms with Crippen LogP contribution in [-0.4, -0.2) is 16.0 Å². The number of aryl methyl sites for hydroxylation is 1. The molecule has 140 valence electrons. The van der Waals surface area contributed by atoms with Crippen LogP contribution in [0.4, 0.5) is 10.1 Å². The summed E-state index contributed by atoms with van der Waals surface area (Å²) >= 11 is 6.73. The summed E-state index contributed by atoms with van der Waals surface area (Å²) in [5.41, 5.74) is 6.37. The highest BCUT2D eigenvalue weighted by Gasteiger charge is 2.06. The SMILES string of the molecule is O=C(CCCCc1nc2ccccc2s1)NNC(=S)Nc1ccccc1F. The number of hydrazine groups is 1. The largest absolute Gasteiger partial charge is 0.329 e. The highest BCUT2D eigenvalue weighted by Crippen LogP contribution is 2.22. The summed E-state index contributed by atoms with van der Waals surface area (Å²) in [6.45, 7) is 0. The molecule has 1 amide bonds. The van der Waals surface area contributed by atoms with E-state index in [9.17, 15) is 9.18 Å². The number of nitrogens with zero attached hydrogens (tertiary/aromatic N) is 1. The third-order valence-corrected chi connectivity index (χ3v) is 5.12. The number of nitrogens with one attached hydrogen (secondary N) is 3. The smallest absolute Gasteiger partial charge is 0.238 e. The first-order chi connectivity index (χ1) is 13.1. The van der Waals surface area contributed by atoms with E-state index in [0.29, 0.717) is 6.42 Å². The second-order valence-corrected chi connectivity index (χ2v) is 7.41. The summed E-state index contributed by atoms with van der Waals surface area (Å²) in [5.74, 6) is -0.584. The Morgan fingerprint density at radius 3 is 2.67 bits per heavy atom. The standard InChI is InChI=1S/C19H19FN4OS2/c20-13-7-1-2-8-14(13)22-19(26)24-23-17(25)11-5-6-12-18-21-15-9-3-4-10-16(15)27-18/h1-4,7-10H,5-6,11-12H2,(H,23,25)(H2,22,24,26). The van der Waals surface area contributed by atoms with Crippen molar-refractivity contribution in [3.63, 3.8) is 0 Å². The summed E-state index contributed by atoms with van der Waals surface area (Å²) in [4.78, 5) is 16.5. The zero-order valence-corrected chi connectivity index (χ0v) is 16.1. The fraction of sp³-hybridized carbons (Fsp3) is 0.211. The first-order valence-corrected chi connectivity index (χ1v) is 9.79. The summed E-state index contributed by atoms with van der Waals surface area (Å²) < 4.78 is 14.7. The molecule has 1 aromatic heterocycles. The third-order valence-electron chi connectivity index (χ3n) is 3.82. The highest BCUT2D eigenvalue weighted by molar-refractivity contribution is 7.80. The first kappa shape index (κ1) is 19.2. The number of halogens is 1. The fourth-order valence-electron chi connectivity index (χ4n) is 2.49. The van der Waals surface area contributed by atoms with Gasteiger partial charge in [-0.05, 0) is 55.7 Å². The maximum atomic E-state index is 13.5. The number of hydrogen-bond donors (Lipinski definition) is 3. The van der Waals surface area contributed by atoms with Gasteiger partial charge in [0, 0.05) is 6.42 Å². The van der Waals surface area contributed by atoms with Gasteiger partial charge in [0.1, 0.15) is 5.82 Å². The molecule has 27 heavy (non-hydrogen) atoms. The fourth-order valence-corrected chi connectivity index (χ4v) is 3.66. The number of rotatable bonds is 6. The predicted molar refractivity (Wildman–Crippen MR) is 111 cm³/mol. The lowest BCUT2D eigenvalue weighted by Gasteiger charge is -2.12. The van der Waals surface area contributed by atoms with E-state index in [2.05, 4.69) is 27.2 Å². The summed E-state index contributed by atoms with van der Waals surface area (Å²) in [6, 6.07) is 14.2. The maximum Gasteiger partial charge on any atom is 0.238 e. The Morgan fingerprint density at radius 1 is 1.07 bits per heavy atom. The topological polar surface area (TPSA) is 66.0 Å². The summed E-state index contributed by atoms with van der Waals surface area (Å²) in [6.07, 6.45) is 2.86. The lowest BCUT2D eigenvalue weighted by atomic mass is 10.2. The van der Waals surface area contributed by atoms with Crippen molar-refractivity contribution in [3.8, 4) is 0 Å². The molecule has 0 aliphatic rings. The maximum absolute atomic E-state index is 13.5. The Labute approximate surface area is 166 Å². The molecule has 0 bridgehead atoms. The Morgan fingerprint density at radius 2 is 1.85 bits per heavy atom. The molecule has 8 heteroatoms. The third kappa shape index (κ3) is 5.70. The minimum atomic E-state index is -0.414. The van der Waals surface area contributed by atoms with Gasteiger partial charge in [-0.1, -0.05) is 24.3 Å². The number of carbonyl (C=O) groups excluding carboxylic acids is 1. The van der Waals surface area contributed by atoms with E-state index >= 15 is 0 Å². The normalized spacial score (nSPS) is 10.6. The minimum Gasteiger partial charge on any atom is -0.329 e. The van der Waals surface area contributed by atoms with Crippen LogP contribution in [0.5, 0.6) is 0 Å². The van der Waals surface area contributed by atoms with E-state index in [1.54, 1.807) is 29.5 Å². The van der Waals surface area contributed by atoms with Gasteiger partial charge in [-0.3, -0.25) is 15.6 Å². The van der Waals surface area contributed by atoms with E-state index in [1.807, 2.05) is 18.2 Å². The Hall–Kier alpha value is -2.58. The molecule has 0 fully saturated rings. The number of thiazole rings is 1. The van der Waals surface area contributed by atoms with Crippen LogP contribution in [0.1, 0.15) is 24.3 Å². The van der Waals surface area contributed by atoms with Crippen molar-refractivity contribution in [2.45, 2.75) is 25.7 Å². The number of para-hydroxylation sites is 2. The van der Waals surface area contributed by atoms with Crippen LogP contribution in [-0.2, 0) is 11.2 Å². The van der Waals surface area contributed by atoms with Crippen molar-refractivity contribution in [1.29, 1.82) is 0 Å². The summed E-state index contributed by atoms with van der Waals surface area (Å²) in [5, 5.41) is 3.91. The van der Waals surface area contributed by atoms with Gasteiger partial charge in [0.2, 0.25) is 5.91 Å². The summed E-state index contributed by atoms with van der Waals surface area (Å²) in [7, 11) is 0. The molecule has 3 rings (SSSR count). The Kier molecular flexibility index (Phi) is 6.67. The number of aromatic nitrogens is 1. The molecule has 3 N–H and O–H groups in total. The molecule has 0 saturated heterocycles. The number of carbonyl (C=O) groups is 1. The molecule has 0 unspecified atom stereocenters. The number of amides is 1. The van der Waals surface area contributed by atoms with Crippen LogP contribution >= 0.6 is 23.6 Å². The van der Waals surface area contributed by atoms with Gasteiger partial charge in [0.25, 0.3) is 0 Å². The molecule has 0 atom stereocenters. The van der Waals surface area contributed by atoms with Gasteiger partial charge in [0.15, 0.2) is 5.11 Å². The van der Waals surface area contributed by atoms with Gasteiger partial charge in [-0.2, -0.15) is 0 Å². The van der Waals surface area contributed by atoms with Gasteiger partial charge < -0.3 is 5.32 Å². The monoisotopic (exact) mass is 402 g/mol. The first-order valence-electron chi connectivity index (χ1n) is 8.56. The Bertz CT molecular complexity index is 911. The number of thiocarbonyl (C=S) groups is 1. The number of hydrogen-bond acceptors (Lipinski definition) is 4. The molecule has 0 aliphatic heterocycles. The molecular formula is C19H19FN4OS2. The lowest BCUT2D eigenvalue weighted by Crippen LogP contribution is -2.43. The molecule has 0 aliphatic carbocycles. The average molecular weight is 403 g/mol. The quantitative estimate of drug-likeness (QED) is 0.328. The van der Waals surface area contributed by atoms with Gasteiger partial charge in [0.05, 0.1) is 20.9 Å². The van der Waals surface area contributed by atoms with Gasteiger partial charge in [-0.25, -0.2) is 9.37 Å². The van der Waals surface area contributed by atoms with Crippen molar-refractivity contribution in [1.82, 2.24) is 15.8 Å². The van der Waals surface area contributed by atoms with E-state index in [1.165, 1.54) is 10.8 Å². The van der Waals surface area contributed by atoms with Crippen LogP contribution < -0.4 is 16.2 Å². The number of fused-ring (bicyclic) bond motifs is 1. The molecule has 0 saturated carbocycles. The van der Waals surface area contributed by atoms with E-state index in [0.717, 1.165) is 29.8 Å². The van der Waals surface area contributed by atoms with Crippen molar-refractivity contribution >= 4 is 50.5 Å². The second-order valence-electron chi connectivity index (χ2n) is 5.89. The number of unbranched alkanes of at least 4 members (excludes halogenated alkanes) is 1. The van der Waals surface area contributed by atoms with Crippen LogP contribution in [0.2, 0.25) is 0 Å². The number of benzene rings is 2. The van der Waals surface area contributed by atoms with Crippen molar-refractivity contribution < 1.29 is 9.18 Å². The van der Waals surface area contributed by atoms with Crippen LogP contribution in [0.15, 0.2) is 48.5 Å². The second kappa shape index (κ2) is 9.38. The lowest BCUT2D eigenvalue weighted by molar-refractivity contribution is -0.121. The Balaban J connectivity index is 1.33. The molecule has 2 aromatic carbocycles.